The third-order valence-electron chi connectivity index (χ3n) is 14.9. The number of thiophene rings is 2. The van der Waals surface area contributed by atoms with Crippen molar-refractivity contribution in [1.29, 1.82) is 5.26 Å². The number of unbranched alkanes of at least 4 members (excludes halogenated alkanes) is 12. The third kappa shape index (κ3) is 15.6. The van der Waals surface area contributed by atoms with Gasteiger partial charge in [-0.1, -0.05) is 141 Å². The molecule has 2 aliphatic rings. The van der Waals surface area contributed by atoms with Crippen LogP contribution in [0.25, 0.3) is 48.5 Å². The highest BCUT2D eigenvalue weighted by atomic mass is 32.1. The van der Waals surface area contributed by atoms with Crippen molar-refractivity contribution < 1.29 is 47.8 Å². The standard InChI is InChI=1S/C70H80N2O10S2/c1-5-9-13-17-37-75-56-33-35-58(60(46-56)77-39-19-15-11-7-3)49-21-27-53(28-22-49)72(54-29-23-50(24-30-54)59-36-34-57(76-38-18-14-10-6-2)47-61(59)78-40-20-16-12-8-4)55-31-25-51(26-32-55)67-65-66(82-44-43-81-65)69(84-67)68-64-63(79-41-42-80-64)62(83-68)45-52(48-71)70(73)74/h21-36,45-47H,5-20,37-44H2,1-4H3,(H,73,74)/b52-45+. The molecule has 442 valence electrons. The summed E-state index contributed by atoms with van der Waals surface area (Å²) in [6, 6.07) is 40.1. The molecule has 0 saturated carbocycles. The average Bonchev–Trinajstić information content (AvgIpc) is 4.29. The molecule has 84 heavy (non-hydrogen) atoms. The molecule has 0 fully saturated rings. The largest absolute Gasteiger partial charge is 0.493 e. The number of hydrogen-bond donors (Lipinski definition) is 1. The molecule has 0 amide bonds. The Labute approximate surface area is 504 Å². The highest BCUT2D eigenvalue weighted by Crippen LogP contribution is 2.60. The van der Waals surface area contributed by atoms with Crippen molar-refractivity contribution in [2.24, 2.45) is 0 Å². The van der Waals surface area contributed by atoms with Crippen LogP contribution in [-0.2, 0) is 4.79 Å². The Bertz CT molecular complexity index is 3190. The molecule has 0 bridgehead atoms. The quantitative estimate of drug-likeness (QED) is 0.0238. The smallest absolute Gasteiger partial charge is 0.346 e. The van der Waals surface area contributed by atoms with Gasteiger partial charge < -0.3 is 47.9 Å². The van der Waals surface area contributed by atoms with Gasteiger partial charge in [0.05, 0.1) is 45.9 Å². The lowest BCUT2D eigenvalue weighted by Crippen LogP contribution is -2.15. The molecule has 12 nitrogen and oxygen atoms in total. The lowest BCUT2D eigenvalue weighted by atomic mass is 10.0. The Morgan fingerprint density at radius 2 is 0.869 bits per heavy atom. The Hall–Kier alpha value is -7.60. The predicted octanol–water partition coefficient (Wildman–Crippen LogP) is 19.3. The molecule has 9 rings (SSSR count). The summed E-state index contributed by atoms with van der Waals surface area (Å²) in [5, 5.41) is 19.4. The number of anilines is 3. The van der Waals surface area contributed by atoms with Crippen LogP contribution in [0.4, 0.5) is 17.1 Å². The minimum absolute atomic E-state index is 0.292. The first-order valence-corrected chi connectivity index (χ1v) is 32.1. The maximum absolute atomic E-state index is 11.9. The van der Waals surface area contributed by atoms with Crippen LogP contribution in [0.15, 0.2) is 115 Å². The molecular weight excluding hydrogens is 1090 g/mol. The summed E-state index contributed by atoms with van der Waals surface area (Å²) in [6.07, 6.45) is 19.4. The molecule has 0 saturated heterocycles. The van der Waals surface area contributed by atoms with Gasteiger partial charge >= 0.3 is 5.97 Å². The summed E-state index contributed by atoms with van der Waals surface area (Å²) in [4.78, 5) is 17.0. The van der Waals surface area contributed by atoms with Gasteiger partial charge in [0, 0.05) is 40.3 Å². The number of fused-ring (bicyclic) bond motifs is 2. The van der Waals surface area contributed by atoms with E-state index in [4.69, 9.17) is 37.9 Å². The number of nitriles is 1. The Morgan fingerprint density at radius 1 is 0.488 bits per heavy atom. The van der Waals surface area contributed by atoms with Gasteiger partial charge in [-0.3, -0.25) is 0 Å². The van der Waals surface area contributed by atoms with Crippen LogP contribution in [-0.4, -0.2) is 63.9 Å². The maximum Gasteiger partial charge on any atom is 0.346 e. The van der Waals surface area contributed by atoms with E-state index in [1.54, 1.807) is 6.07 Å². The first-order chi connectivity index (χ1) is 41.3. The second kappa shape index (κ2) is 31.3. The lowest BCUT2D eigenvalue weighted by Gasteiger charge is -2.26. The minimum Gasteiger partial charge on any atom is -0.493 e. The van der Waals surface area contributed by atoms with Gasteiger partial charge in [0.1, 0.15) is 61.1 Å². The fraction of sp³-hybridized carbons (Fsp3) is 0.400. The van der Waals surface area contributed by atoms with Crippen LogP contribution >= 0.6 is 22.7 Å². The molecule has 0 aliphatic carbocycles. The summed E-state index contributed by atoms with van der Waals surface area (Å²) in [5.41, 5.74) is 7.50. The van der Waals surface area contributed by atoms with Gasteiger partial charge in [-0.15, -0.1) is 22.7 Å². The number of rotatable bonds is 33. The van der Waals surface area contributed by atoms with E-state index in [0.29, 0.717) is 85.6 Å². The van der Waals surface area contributed by atoms with Gasteiger partial charge in [0.15, 0.2) is 23.0 Å². The summed E-state index contributed by atoms with van der Waals surface area (Å²) >= 11 is 2.81. The zero-order chi connectivity index (χ0) is 58.5. The number of carboxylic acid groups (broad SMARTS) is 1. The summed E-state index contributed by atoms with van der Waals surface area (Å²) in [5.74, 6) is 4.08. The van der Waals surface area contributed by atoms with Gasteiger partial charge in [0.2, 0.25) is 0 Å². The molecule has 5 aromatic carbocycles. The van der Waals surface area contributed by atoms with Crippen molar-refractivity contribution in [2.45, 2.75) is 130 Å². The fourth-order valence-electron chi connectivity index (χ4n) is 10.3. The minimum atomic E-state index is -1.32. The normalized spacial score (nSPS) is 12.6. The lowest BCUT2D eigenvalue weighted by molar-refractivity contribution is -0.132. The van der Waals surface area contributed by atoms with Gasteiger partial charge in [-0.05, 0) is 109 Å². The molecule has 2 aromatic heterocycles. The monoisotopic (exact) mass is 1170 g/mol. The van der Waals surface area contributed by atoms with Gasteiger partial charge in [-0.2, -0.15) is 5.26 Å². The first kappa shape index (κ1) is 61.0. The van der Waals surface area contributed by atoms with Crippen molar-refractivity contribution in [1.82, 2.24) is 0 Å². The molecule has 0 atom stereocenters. The Kier molecular flexibility index (Phi) is 22.7. The maximum atomic E-state index is 11.9. The molecule has 2 aliphatic heterocycles. The van der Waals surface area contributed by atoms with E-state index >= 15 is 0 Å². The Balaban J connectivity index is 1.07. The zero-order valence-electron chi connectivity index (χ0n) is 49.3. The number of hydrogen-bond acceptors (Lipinski definition) is 13. The summed E-state index contributed by atoms with van der Waals surface area (Å²) in [6.45, 7) is 12.9. The molecule has 4 heterocycles. The van der Waals surface area contributed by atoms with Crippen molar-refractivity contribution >= 4 is 51.8 Å². The number of benzene rings is 5. The Morgan fingerprint density at radius 3 is 1.29 bits per heavy atom. The first-order valence-electron chi connectivity index (χ1n) is 30.4. The summed E-state index contributed by atoms with van der Waals surface area (Å²) in [7, 11) is 0. The molecule has 1 N–H and O–H groups in total. The highest BCUT2D eigenvalue weighted by Gasteiger charge is 2.33. The van der Waals surface area contributed by atoms with E-state index in [0.717, 1.165) is 129 Å². The molecular formula is C70H80N2O10S2. The topological polar surface area (TPSA) is 138 Å². The number of ether oxygens (including phenoxy) is 8. The van der Waals surface area contributed by atoms with Crippen LogP contribution in [0, 0.1) is 11.3 Å². The average molecular weight is 1170 g/mol. The highest BCUT2D eigenvalue weighted by molar-refractivity contribution is 7.25. The number of carbonyl (C=O) groups is 1. The van der Waals surface area contributed by atoms with Crippen LogP contribution in [0.1, 0.15) is 135 Å². The second-order valence-corrected chi connectivity index (χ2v) is 23.2. The molecule has 14 heteroatoms. The van der Waals surface area contributed by atoms with E-state index in [2.05, 4.69) is 142 Å². The SMILES string of the molecule is CCCCCCOc1ccc(-c2ccc(N(c3ccc(-c4ccc(OCCCCCC)cc4OCCCCCC)cc3)c3ccc(-c4sc(-c5sc(/C=C(\C#N)C(=O)O)c6c5OCCO6)c5c4OCCO5)cc3)cc2)c(OCCCCCC)c1. The van der Waals surface area contributed by atoms with E-state index in [1.165, 1.54) is 80.1 Å². The van der Waals surface area contributed by atoms with Crippen LogP contribution in [0.3, 0.4) is 0 Å². The molecule has 0 spiro atoms. The molecule has 0 unspecified atom stereocenters. The van der Waals surface area contributed by atoms with Crippen molar-refractivity contribution in [3.8, 4) is 94.5 Å². The van der Waals surface area contributed by atoms with Crippen LogP contribution in [0.5, 0.6) is 46.0 Å². The van der Waals surface area contributed by atoms with Crippen LogP contribution < -0.4 is 42.8 Å². The van der Waals surface area contributed by atoms with E-state index in [-0.39, 0.29) is 0 Å². The van der Waals surface area contributed by atoms with Crippen molar-refractivity contribution in [3.63, 3.8) is 0 Å². The summed E-state index contributed by atoms with van der Waals surface area (Å²) < 4.78 is 50.6. The number of nitrogens with zero attached hydrogens (tertiary/aromatic N) is 2. The predicted molar refractivity (Wildman–Crippen MR) is 340 cm³/mol. The number of aliphatic carboxylic acids is 1. The van der Waals surface area contributed by atoms with E-state index < -0.39 is 11.5 Å². The molecule has 7 aromatic rings. The number of carboxylic acids is 1. The van der Waals surface area contributed by atoms with Crippen molar-refractivity contribution in [2.75, 3.05) is 57.8 Å². The molecule has 0 radical (unpaired) electrons. The van der Waals surface area contributed by atoms with Crippen LogP contribution in [0.2, 0.25) is 0 Å². The zero-order valence-corrected chi connectivity index (χ0v) is 50.9. The third-order valence-corrected chi connectivity index (χ3v) is 17.3. The van der Waals surface area contributed by atoms with E-state index in [1.807, 2.05) is 0 Å². The van der Waals surface area contributed by atoms with Gasteiger partial charge in [0.25, 0.3) is 0 Å². The van der Waals surface area contributed by atoms with Gasteiger partial charge in [-0.25, -0.2) is 4.79 Å². The van der Waals surface area contributed by atoms with E-state index in [9.17, 15) is 15.2 Å². The second-order valence-electron chi connectivity index (χ2n) is 21.2. The van der Waals surface area contributed by atoms with Crippen molar-refractivity contribution in [3.05, 3.63) is 120 Å². The fourth-order valence-corrected chi connectivity index (χ4v) is 12.8.